The van der Waals surface area contributed by atoms with Gasteiger partial charge in [0.2, 0.25) is 5.69 Å². The van der Waals surface area contributed by atoms with Crippen molar-refractivity contribution in [1.29, 1.82) is 0 Å². The van der Waals surface area contributed by atoms with Crippen LogP contribution >= 0.6 is 0 Å². The molecule has 1 nitrogen and oxygen atoms in total. The zero-order chi connectivity index (χ0) is 29.4. The van der Waals surface area contributed by atoms with Crippen molar-refractivity contribution in [2.45, 2.75) is 32.2 Å². The minimum atomic E-state index is -0.0920. The predicted molar refractivity (Wildman–Crippen MR) is 181 cm³/mol. The van der Waals surface area contributed by atoms with Gasteiger partial charge in [0.05, 0.1) is 5.56 Å². The first-order valence-electron chi connectivity index (χ1n) is 15.3. The van der Waals surface area contributed by atoms with Crippen LogP contribution in [0.1, 0.15) is 32.3 Å². The maximum Gasteiger partial charge on any atom is 0.213 e. The summed E-state index contributed by atoms with van der Waals surface area (Å²) in [6, 6.07) is 50.7. The number of aromatic nitrogens is 1. The Kier molecular flexibility index (Phi) is 6.87. The minimum absolute atomic E-state index is 0.0920. The van der Waals surface area contributed by atoms with Gasteiger partial charge in [0, 0.05) is 30.5 Å². The number of hydrogen-bond donors (Lipinski definition) is 0. The second-order valence-electron chi connectivity index (χ2n) is 11.5. The summed E-state index contributed by atoms with van der Waals surface area (Å²) in [5, 5.41) is 0. The minimum Gasteiger partial charge on any atom is -0.189 e. The Balaban J connectivity index is 1.34. The summed E-state index contributed by atoms with van der Waals surface area (Å²) in [5.41, 5.74) is 14.6. The highest BCUT2D eigenvalue weighted by atomic mass is 15.1. The molecule has 0 saturated carbocycles. The molecule has 0 amide bonds. The van der Waals surface area contributed by atoms with E-state index in [0.717, 1.165) is 12.8 Å². The van der Waals surface area contributed by atoms with Crippen LogP contribution in [0.15, 0.2) is 152 Å². The number of allylic oxidation sites excluding steroid dienone is 1. The van der Waals surface area contributed by atoms with Crippen LogP contribution in [0.2, 0.25) is 0 Å². The van der Waals surface area contributed by atoms with Crippen LogP contribution in [0.4, 0.5) is 0 Å². The molecule has 2 heterocycles. The summed E-state index contributed by atoms with van der Waals surface area (Å²) in [6.45, 7) is 9.21. The molecule has 0 saturated heterocycles. The Bertz CT molecular complexity index is 1890. The third kappa shape index (κ3) is 4.62. The van der Waals surface area contributed by atoms with Crippen molar-refractivity contribution < 1.29 is 4.57 Å². The number of rotatable bonds is 6. The molecule has 0 aliphatic carbocycles. The van der Waals surface area contributed by atoms with Gasteiger partial charge in [0.15, 0.2) is 11.7 Å². The monoisotopic (exact) mass is 554 g/mol. The van der Waals surface area contributed by atoms with Crippen molar-refractivity contribution in [1.82, 2.24) is 0 Å². The number of nitrogens with zero attached hydrogens (tertiary/aromatic N) is 1. The van der Waals surface area contributed by atoms with Gasteiger partial charge in [-0.2, -0.15) is 4.57 Å². The normalized spacial score (nSPS) is 13.3. The molecule has 1 aliphatic heterocycles. The molecule has 43 heavy (non-hydrogen) atoms. The highest BCUT2D eigenvalue weighted by molar-refractivity contribution is 5.87. The average molecular weight is 555 g/mol. The molecule has 1 aromatic heterocycles. The van der Waals surface area contributed by atoms with Crippen LogP contribution < -0.4 is 4.57 Å². The molecular formula is C42H36N+. The van der Waals surface area contributed by atoms with E-state index in [-0.39, 0.29) is 5.54 Å². The van der Waals surface area contributed by atoms with Gasteiger partial charge < -0.3 is 0 Å². The standard InChI is InChI=1S/C42H36N/c1-4-42(5-2)30(3)39-23-22-35(29-40(39)41-21-12-13-24-43(41)42)33-19-14-20-34(25-33)38-27-36(31-15-8-6-9-16-31)26-37(28-38)32-17-10-7-11-18-32/h6-29H,3-5H2,1-2H3/q+1. The van der Waals surface area contributed by atoms with Crippen molar-refractivity contribution >= 4 is 5.57 Å². The fraction of sp³-hybridized carbons (Fsp3) is 0.119. The Morgan fingerprint density at radius 3 is 1.56 bits per heavy atom. The van der Waals surface area contributed by atoms with Crippen molar-refractivity contribution in [2.24, 2.45) is 0 Å². The highest BCUT2D eigenvalue weighted by Crippen LogP contribution is 2.44. The van der Waals surface area contributed by atoms with E-state index in [4.69, 9.17) is 0 Å². The van der Waals surface area contributed by atoms with E-state index in [1.807, 2.05) is 0 Å². The van der Waals surface area contributed by atoms with Crippen molar-refractivity contribution in [3.8, 4) is 55.8 Å². The van der Waals surface area contributed by atoms with Gasteiger partial charge in [0.25, 0.3) is 0 Å². The van der Waals surface area contributed by atoms with E-state index >= 15 is 0 Å². The quantitative estimate of drug-likeness (QED) is 0.180. The zero-order valence-electron chi connectivity index (χ0n) is 24.9. The third-order valence-electron chi connectivity index (χ3n) is 9.35. The summed E-state index contributed by atoms with van der Waals surface area (Å²) in [4.78, 5) is 0. The predicted octanol–water partition coefficient (Wildman–Crippen LogP) is 10.9. The van der Waals surface area contributed by atoms with Crippen LogP contribution in [0.25, 0.3) is 61.3 Å². The van der Waals surface area contributed by atoms with E-state index in [0.29, 0.717) is 0 Å². The van der Waals surface area contributed by atoms with Gasteiger partial charge in [-0.3, -0.25) is 0 Å². The summed E-state index contributed by atoms with van der Waals surface area (Å²) in [5.74, 6) is 0. The maximum absolute atomic E-state index is 4.65. The highest BCUT2D eigenvalue weighted by Gasteiger charge is 2.46. The van der Waals surface area contributed by atoms with Crippen molar-refractivity contribution in [3.63, 3.8) is 0 Å². The lowest BCUT2D eigenvalue weighted by atomic mass is 9.75. The van der Waals surface area contributed by atoms with Gasteiger partial charge in [-0.1, -0.05) is 111 Å². The van der Waals surface area contributed by atoms with E-state index < -0.39 is 0 Å². The third-order valence-corrected chi connectivity index (χ3v) is 9.35. The molecule has 1 heteroatoms. The largest absolute Gasteiger partial charge is 0.213 e. The lowest BCUT2D eigenvalue weighted by Crippen LogP contribution is -2.59. The van der Waals surface area contributed by atoms with Gasteiger partial charge >= 0.3 is 0 Å². The Hall–Kier alpha value is -5.01. The average Bonchev–Trinajstić information content (AvgIpc) is 3.09. The molecule has 6 aromatic rings. The summed E-state index contributed by atoms with van der Waals surface area (Å²) in [7, 11) is 0. The van der Waals surface area contributed by atoms with Crippen LogP contribution in [0.5, 0.6) is 0 Å². The smallest absolute Gasteiger partial charge is 0.189 e. The second-order valence-corrected chi connectivity index (χ2v) is 11.5. The summed E-state index contributed by atoms with van der Waals surface area (Å²) < 4.78 is 2.46. The van der Waals surface area contributed by atoms with Crippen LogP contribution in [0.3, 0.4) is 0 Å². The van der Waals surface area contributed by atoms with E-state index in [9.17, 15) is 0 Å². The van der Waals surface area contributed by atoms with Crippen LogP contribution in [-0.4, -0.2) is 0 Å². The van der Waals surface area contributed by atoms with Gasteiger partial charge in [-0.15, -0.1) is 0 Å². The molecule has 5 aromatic carbocycles. The first-order valence-corrected chi connectivity index (χ1v) is 15.3. The molecule has 1 aliphatic rings. The van der Waals surface area contributed by atoms with Crippen molar-refractivity contribution in [2.75, 3.05) is 0 Å². The number of benzene rings is 5. The maximum atomic E-state index is 4.65. The molecule has 0 fully saturated rings. The molecule has 0 radical (unpaired) electrons. The van der Waals surface area contributed by atoms with E-state index in [2.05, 4.69) is 171 Å². The molecule has 7 rings (SSSR count). The fourth-order valence-electron chi connectivity index (χ4n) is 6.92. The molecule has 0 unspecified atom stereocenters. The molecule has 0 atom stereocenters. The van der Waals surface area contributed by atoms with E-state index in [1.165, 1.54) is 66.9 Å². The SMILES string of the molecule is C=C1c2ccc(-c3cccc(-c4cc(-c5ccccc5)cc(-c5ccccc5)c4)c3)cc2-c2cccc[n+]2C1(CC)CC. The van der Waals surface area contributed by atoms with Gasteiger partial charge in [0.1, 0.15) is 0 Å². The van der Waals surface area contributed by atoms with Gasteiger partial charge in [-0.05, 0) is 86.5 Å². The summed E-state index contributed by atoms with van der Waals surface area (Å²) in [6.07, 6.45) is 4.26. The van der Waals surface area contributed by atoms with Gasteiger partial charge in [-0.25, -0.2) is 0 Å². The first kappa shape index (κ1) is 26.9. The molecule has 0 bridgehead atoms. The number of pyridine rings is 1. The molecule has 208 valence electrons. The zero-order valence-corrected chi connectivity index (χ0v) is 24.9. The fourth-order valence-corrected chi connectivity index (χ4v) is 6.92. The second kappa shape index (κ2) is 11.0. The topological polar surface area (TPSA) is 3.88 Å². The summed E-state index contributed by atoms with van der Waals surface area (Å²) >= 11 is 0. The lowest BCUT2D eigenvalue weighted by Gasteiger charge is -2.34. The van der Waals surface area contributed by atoms with E-state index in [1.54, 1.807) is 0 Å². The number of hydrogen-bond acceptors (Lipinski definition) is 0. The molecule has 0 N–H and O–H groups in total. The van der Waals surface area contributed by atoms with Crippen LogP contribution in [-0.2, 0) is 5.54 Å². The number of fused-ring (bicyclic) bond motifs is 3. The Morgan fingerprint density at radius 2 is 0.953 bits per heavy atom. The first-order chi connectivity index (χ1) is 21.1. The lowest BCUT2D eigenvalue weighted by molar-refractivity contribution is -0.741. The van der Waals surface area contributed by atoms with Crippen molar-refractivity contribution in [3.05, 3.63) is 158 Å². The Labute approximate surface area is 255 Å². The van der Waals surface area contributed by atoms with Crippen LogP contribution in [0, 0.1) is 0 Å². The molecular weight excluding hydrogens is 518 g/mol. The Morgan fingerprint density at radius 1 is 0.465 bits per heavy atom. The molecule has 0 spiro atoms.